The number of rotatable bonds is 3. The molecule has 0 bridgehead atoms. The number of carboxylic acid groups (broad SMARTS) is 1. The van der Waals surface area contributed by atoms with E-state index in [9.17, 15) is 14.7 Å². The highest BCUT2D eigenvalue weighted by molar-refractivity contribution is 5.85. The summed E-state index contributed by atoms with van der Waals surface area (Å²) in [4.78, 5) is 25.7. The Bertz CT molecular complexity index is 528. The number of carbonyl (C=O) groups is 2. The smallest absolute Gasteiger partial charge is 0.307 e. The van der Waals surface area contributed by atoms with E-state index < -0.39 is 11.9 Å². The molecule has 2 fully saturated rings. The summed E-state index contributed by atoms with van der Waals surface area (Å²) in [5.74, 6) is -1.16. The molecular weight excluding hydrogens is 266 g/mol. The third kappa shape index (κ3) is 2.80. The van der Waals surface area contributed by atoms with Crippen LogP contribution in [-0.4, -0.2) is 35.0 Å². The predicted molar refractivity (Wildman–Crippen MR) is 78.8 cm³/mol. The van der Waals surface area contributed by atoms with E-state index in [1.807, 2.05) is 23.1 Å². The van der Waals surface area contributed by atoms with E-state index in [1.165, 1.54) is 5.56 Å². The van der Waals surface area contributed by atoms with Gasteiger partial charge in [-0.3, -0.25) is 9.59 Å². The van der Waals surface area contributed by atoms with E-state index in [1.54, 1.807) is 0 Å². The van der Waals surface area contributed by atoms with Gasteiger partial charge < -0.3 is 10.0 Å². The van der Waals surface area contributed by atoms with Gasteiger partial charge in [-0.15, -0.1) is 0 Å². The first-order valence-corrected chi connectivity index (χ1v) is 7.73. The van der Waals surface area contributed by atoms with Gasteiger partial charge in [-0.05, 0) is 24.8 Å². The summed E-state index contributed by atoms with van der Waals surface area (Å²) in [6, 6.07) is 10.3. The summed E-state index contributed by atoms with van der Waals surface area (Å²) in [6.45, 7) is 1.48. The summed E-state index contributed by atoms with van der Waals surface area (Å²) in [6.07, 6.45) is 3.19. The number of amides is 1. The number of nitrogens with zero attached hydrogens (tertiary/aromatic N) is 1. The van der Waals surface area contributed by atoms with Crippen molar-refractivity contribution >= 4 is 11.9 Å². The van der Waals surface area contributed by atoms with Crippen molar-refractivity contribution in [1.29, 1.82) is 0 Å². The van der Waals surface area contributed by atoms with Gasteiger partial charge in [0.2, 0.25) is 5.91 Å². The highest BCUT2D eigenvalue weighted by Gasteiger charge is 2.41. The van der Waals surface area contributed by atoms with Crippen molar-refractivity contribution in [2.75, 3.05) is 13.1 Å². The summed E-state index contributed by atoms with van der Waals surface area (Å²) in [5, 5.41) is 9.23. The van der Waals surface area contributed by atoms with Crippen LogP contribution >= 0.6 is 0 Å². The van der Waals surface area contributed by atoms with Crippen LogP contribution in [0.25, 0.3) is 0 Å². The summed E-state index contributed by atoms with van der Waals surface area (Å²) in [5.41, 5.74) is 1.27. The van der Waals surface area contributed by atoms with E-state index in [2.05, 4.69) is 12.1 Å². The topological polar surface area (TPSA) is 57.6 Å². The van der Waals surface area contributed by atoms with Crippen LogP contribution in [-0.2, 0) is 9.59 Å². The molecule has 3 atom stereocenters. The number of likely N-dealkylation sites (tertiary alicyclic amines) is 1. The molecular formula is C17H21NO3. The standard InChI is InChI=1S/C17H21NO3/c19-16(14-7-4-8-15(14)17(20)21)18-10-9-13(11-18)12-5-2-1-3-6-12/h1-3,5-6,13-15H,4,7-11H2,(H,20,21)/t13?,14-,15+/m1/s1. The number of carboxylic acids is 1. The normalized spacial score (nSPS) is 28.8. The summed E-state index contributed by atoms with van der Waals surface area (Å²) >= 11 is 0. The first-order chi connectivity index (χ1) is 10.2. The Morgan fingerprint density at radius 1 is 1.05 bits per heavy atom. The second kappa shape index (κ2) is 5.88. The Hall–Kier alpha value is -1.84. The largest absolute Gasteiger partial charge is 0.481 e. The lowest BCUT2D eigenvalue weighted by atomic mass is 9.94. The van der Waals surface area contributed by atoms with Crippen molar-refractivity contribution in [3.63, 3.8) is 0 Å². The Morgan fingerprint density at radius 2 is 1.76 bits per heavy atom. The van der Waals surface area contributed by atoms with Crippen molar-refractivity contribution in [1.82, 2.24) is 4.90 Å². The maximum absolute atomic E-state index is 12.6. The fraction of sp³-hybridized carbons (Fsp3) is 0.529. The summed E-state index contributed by atoms with van der Waals surface area (Å²) < 4.78 is 0. The van der Waals surface area contributed by atoms with Gasteiger partial charge in [-0.2, -0.15) is 0 Å². The van der Waals surface area contributed by atoms with Crippen LogP contribution in [0.15, 0.2) is 30.3 Å². The van der Waals surface area contributed by atoms with Crippen LogP contribution in [0.4, 0.5) is 0 Å². The van der Waals surface area contributed by atoms with E-state index in [0.717, 1.165) is 32.4 Å². The molecule has 1 aromatic carbocycles. The molecule has 1 saturated heterocycles. The molecule has 3 rings (SSSR count). The Balaban J connectivity index is 1.66. The zero-order valence-corrected chi connectivity index (χ0v) is 12.1. The van der Waals surface area contributed by atoms with Gasteiger partial charge in [0.25, 0.3) is 0 Å². The third-order valence-corrected chi connectivity index (χ3v) is 4.92. The van der Waals surface area contributed by atoms with Gasteiger partial charge in [0.05, 0.1) is 11.8 Å². The van der Waals surface area contributed by atoms with Crippen molar-refractivity contribution < 1.29 is 14.7 Å². The molecule has 4 nitrogen and oxygen atoms in total. The Kier molecular flexibility index (Phi) is 3.95. The molecule has 1 heterocycles. The minimum Gasteiger partial charge on any atom is -0.481 e. The molecule has 1 aliphatic heterocycles. The molecule has 2 aliphatic rings. The monoisotopic (exact) mass is 287 g/mol. The second-order valence-corrected chi connectivity index (χ2v) is 6.16. The lowest BCUT2D eigenvalue weighted by molar-refractivity contribution is -0.148. The Morgan fingerprint density at radius 3 is 2.48 bits per heavy atom. The Labute approximate surface area is 124 Å². The van der Waals surface area contributed by atoms with Crippen molar-refractivity contribution in [3.8, 4) is 0 Å². The van der Waals surface area contributed by atoms with Crippen molar-refractivity contribution in [2.45, 2.75) is 31.6 Å². The van der Waals surface area contributed by atoms with Crippen LogP contribution in [0.5, 0.6) is 0 Å². The minimum atomic E-state index is -0.815. The second-order valence-electron chi connectivity index (χ2n) is 6.16. The number of hydrogen-bond acceptors (Lipinski definition) is 2. The lowest BCUT2D eigenvalue weighted by Gasteiger charge is -2.23. The van der Waals surface area contributed by atoms with E-state index in [0.29, 0.717) is 12.3 Å². The molecule has 1 amide bonds. The van der Waals surface area contributed by atoms with Crippen LogP contribution in [0, 0.1) is 11.8 Å². The average molecular weight is 287 g/mol. The zero-order valence-electron chi connectivity index (χ0n) is 12.1. The van der Waals surface area contributed by atoms with Gasteiger partial charge in [0, 0.05) is 19.0 Å². The van der Waals surface area contributed by atoms with Gasteiger partial charge in [0.15, 0.2) is 0 Å². The van der Waals surface area contributed by atoms with Crippen LogP contribution in [0.2, 0.25) is 0 Å². The zero-order chi connectivity index (χ0) is 14.8. The van der Waals surface area contributed by atoms with Crippen LogP contribution in [0.1, 0.15) is 37.2 Å². The molecule has 112 valence electrons. The van der Waals surface area contributed by atoms with E-state index in [-0.39, 0.29) is 11.8 Å². The van der Waals surface area contributed by atoms with E-state index in [4.69, 9.17) is 0 Å². The molecule has 1 aromatic rings. The molecule has 1 saturated carbocycles. The van der Waals surface area contributed by atoms with Gasteiger partial charge in [0.1, 0.15) is 0 Å². The van der Waals surface area contributed by atoms with E-state index >= 15 is 0 Å². The number of aliphatic carboxylic acids is 1. The van der Waals surface area contributed by atoms with Gasteiger partial charge >= 0.3 is 5.97 Å². The molecule has 1 aliphatic carbocycles. The third-order valence-electron chi connectivity index (χ3n) is 4.92. The quantitative estimate of drug-likeness (QED) is 0.929. The van der Waals surface area contributed by atoms with Gasteiger partial charge in [-0.25, -0.2) is 0 Å². The van der Waals surface area contributed by atoms with Crippen molar-refractivity contribution in [2.24, 2.45) is 11.8 Å². The molecule has 0 radical (unpaired) electrons. The maximum atomic E-state index is 12.6. The molecule has 0 spiro atoms. The molecule has 0 aromatic heterocycles. The highest BCUT2D eigenvalue weighted by atomic mass is 16.4. The number of hydrogen-bond donors (Lipinski definition) is 1. The fourth-order valence-corrected chi connectivity index (χ4v) is 3.74. The molecule has 4 heteroatoms. The summed E-state index contributed by atoms with van der Waals surface area (Å²) in [7, 11) is 0. The SMILES string of the molecule is O=C(O)[C@H]1CCC[C@H]1C(=O)N1CCC(c2ccccc2)C1. The molecule has 21 heavy (non-hydrogen) atoms. The molecule has 1 unspecified atom stereocenters. The van der Waals surface area contributed by atoms with Crippen LogP contribution < -0.4 is 0 Å². The predicted octanol–water partition coefficient (Wildman–Crippen LogP) is 2.50. The van der Waals surface area contributed by atoms with Crippen LogP contribution in [0.3, 0.4) is 0 Å². The first kappa shape index (κ1) is 14.1. The first-order valence-electron chi connectivity index (χ1n) is 7.73. The number of carbonyl (C=O) groups excluding carboxylic acids is 1. The maximum Gasteiger partial charge on any atom is 0.307 e. The lowest BCUT2D eigenvalue weighted by Crippen LogP contribution is -2.37. The average Bonchev–Trinajstić information content (AvgIpc) is 3.17. The van der Waals surface area contributed by atoms with Gasteiger partial charge in [-0.1, -0.05) is 36.8 Å². The highest BCUT2D eigenvalue weighted by Crippen LogP contribution is 2.36. The van der Waals surface area contributed by atoms with Crippen molar-refractivity contribution in [3.05, 3.63) is 35.9 Å². The number of benzene rings is 1. The molecule has 1 N–H and O–H groups in total. The fourth-order valence-electron chi connectivity index (χ4n) is 3.74. The minimum absolute atomic E-state index is 0.0540.